The minimum Gasteiger partial charge on any atom is -0.324 e. The van der Waals surface area contributed by atoms with E-state index in [9.17, 15) is 8.42 Å². The Morgan fingerprint density at radius 2 is 1.93 bits per heavy atom. The molecule has 0 spiro atoms. The van der Waals surface area contributed by atoms with Crippen LogP contribution in [0.5, 0.6) is 0 Å². The van der Waals surface area contributed by atoms with Crippen molar-refractivity contribution in [1.29, 1.82) is 0 Å². The predicted molar refractivity (Wildman–Crippen MR) is 111 cm³/mol. The number of pyridine rings is 1. The van der Waals surface area contributed by atoms with Crippen molar-refractivity contribution >= 4 is 21.7 Å². The number of hydrogen-bond acceptors (Lipinski definition) is 6. The number of rotatable bonds is 5. The molecule has 150 valence electrons. The van der Waals surface area contributed by atoms with Gasteiger partial charge in [0.15, 0.2) is 0 Å². The van der Waals surface area contributed by atoms with E-state index >= 15 is 0 Å². The van der Waals surface area contributed by atoms with E-state index in [0.717, 1.165) is 17.5 Å². The highest BCUT2D eigenvalue weighted by Crippen LogP contribution is 2.36. The van der Waals surface area contributed by atoms with Gasteiger partial charge < -0.3 is 5.32 Å². The molecular weight excluding hydrogens is 386 g/mol. The van der Waals surface area contributed by atoms with Crippen LogP contribution in [0.1, 0.15) is 35.7 Å². The Bertz CT molecular complexity index is 1120. The van der Waals surface area contributed by atoms with Crippen LogP contribution in [0.4, 0.5) is 11.6 Å². The number of anilines is 2. The summed E-state index contributed by atoms with van der Waals surface area (Å²) in [5.41, 5.74) is 2.67. The minimum atomic E-state index is -3.61. The van der Waals surface area contributed by atoms with Gasteiger partial charge in [0.1, 0.15) is 11.6 Å². The van der Waals surface area contributed by atoms with E-state index in [-0.39, 0.29) is 6.04 Å². The number of hydrogen-bond donors (Lipinski definition) is 1. The van der Waals surface area contributed by atoms with Crippen molar-refractivity contribution in [3.05, 3.63) is 71.8 Å². The Balaban J connectivity index is 1.63. The third-order valence-electron chi connectivity index (χ3n) is 5.20. The number of aromatic nitrogens is 3. The van der Waals surface area contributed by atoms with Crippen LogP contribution in [0.2, 0.25) is 0 Å². The first-order chi connectivity index (χ1) is 13.9. The second kappa shape index (κ2) is 7.88. The summed E-state index contributed by atoms with van der Waals surface area (Å²) >= 11 is 0. The summed E-state index contributed by atoms with van der Waals surface area (Å²) < 4.78 is 28.2. The van der Waals surface area contributed by atoms with Gasteiger partial charge in [0.05, 0.1) is 29.0 Å². The lowest BCUT2D eigenvalue weighted by molar-refractivity contribution is 0.390. The quantitative estimate of drug-likeness (QED) is 0.690. The minimum absolute atomic E-state index is 0.322. The fourth-order valence-electron chi connectivity index (χ4n) is 3.50. The first-order valence-corrected chi connectivity index (χ1v) is 11.0. The van der Waals surface area contributed by atoms with Gasteiger partial charge in [-0.15, -0.1) is 0 Å². The Labute approximate surface area is 170 Å². The number of nitrogens with zero attached hydrogens (tertiary/aromatic N) is 4. The molecule has 1 atom stereocenters. The van der Waals surface area contributed by atoms with E-state index in [4.69, 9.17) is 0 Å². The van der Waals surface area contributed by atoms with Crippen LogP contribution in [-0.2, 0) is 10.0 Å². The van der Waals surface area contributed by atoms with Crippen LogP contribution in [0.3, 0.4) is 0 Å². The second-order valence-electron chi connectivity index (χ2n) is 7.19. The van der Waals surface area contributed by atoms with E-state index < -0.39 is 10.0 Å². The molecule has 29 heavy (non-hydrogen) atoms. The Hall–Kier alpha value is -2.84. The summed E-state index contributed by atoms with van der Waals surface area (Å²) in [6.07, 6.45) is 6.44. The molecule has 3 heterocycles. The van der Waals surface area contributed by atoms with Gasteiger partial charge in [-0.05, 0) is 62.1 Å². The molecule has 0 amide bonds. The van der Waals surface area contributed by atoms with E-state index in [2.05, 4.69) is 20.3 Å². The largest absolute Gasteiger partial charge is 0.324 e. The summed E-state index contributed by atoms with van der Waals surface area (Å²) in [6.45, 7) is 4.37. The van der Waals surface area contributed by atoms with Crippen molar-refractivity contribution in [2.75, 3.05) is 11.9 Å². The van der Waals surface area contributed by atoms with Crippen molar-refractivity contribution in [3.8, 4) is 0 Å². The summed E-state index contributed by atoms with van der Waals surface area (Å²) in [5, 5.41) is 3.11. The smallest absolute Gasteiger partial charge is 0.243 e. The molecule has 0 unspecified atom stereocenters. The predicted octanol–water partition coefficient (Wildman–Crippen LogP) is 3.76. The lowest BCUT2D eigenvalue weighted by Crippen LogP contribution is -2.31. The zero-order chi connectivity index (χ0) is 20.4. The lowest BCUT2D eigenvalue weighted by Gasteiger charge is -2.24. The Kier molecular flexibility index (Phi) is 5.29. The van der Waals surface area contributed by atoms with Crippen LogP contribution < -0.4 is 5.32 Å². The molecule has 1 N–H and O–H groups in total. The standard InChI is InChI=1S/C21H23N5O2S/c1-15-8-9-17(12-16(15)2)29(27,28)26-11-5-6-19(26)18-13-22-14-21(24-18)25-20-7-3-4-10-23-20/h3-4,7-10,12-14,19H,5-6,11H2,1-2H3,(H,23,24,25)/t19-/m1/s1. The van der Waals surface area contributed by atoms with Crippen molar-refractivity contribution in [2.24, 2.45) is 0 Å². The number of nitrogens with one attached hydrogen (secondary N) is 1. The molecule has 1 fully saturated rings. The molecule has 0 radical (unpaired) electrons. The molecule has 0 bridgehead atoms. The highest BCUT2D eigenvalue weighted by Gasteiger charge is 2.37. The summed E-state index contributed by atoms with van der Waals surface area (Å²) in [4.78, 5) is 13.4. The molecule has 8 heteroatoms. The molecule has 1 aromatic carbocycles. The lowest BCUT2D eigenvalue weighted by atomic mass is 10.1. The summed E-state index contributed by atoms with van der Waals surface area (Å²) in [6, 6.07) is 10.5. The van der Waals surface area contributed by atoms with Gasteiger partial charge in [-0.1, -0.05) is 12.1 Å². The maximum atomic E-state index is 13.3. The van der Waals surface area contributed by atoms with E-state index in [1.165, 1.54) is 0 Å². The van der Waals surface area contributed by atoms with Crippen molar-refractivity contribution in [1.82, 2.24) is 19.3 Å². The normalized spacial score (nSPS) is 17.4. The van der Waals surface area contributed by atoms with Crippen molar-refractivity contribution < 1.29 is 8.42 Å². The second-order valence-corrected chi connectivity index (χ2v) is 9.08. The third kappa shape index (κ3) is 3.99. The van der Waals surface area contributed by atoms with Gasteiger partial charge in [-0.3, -0.25) is 4.98 Å². The summed E-state index contributed by atoms with van der Waals surface area (Å²) in [7, 11) is -3.61. The monoisotopic (exact) mass is 409 g/mol. The van der Waals surface area contributed by atoms with Gasteiger partial charge in [-0.25, -0.2) is 18.4 Å². The van der Waals surface area contributed by atoms with Gasteiger partial charge in [-0.2, -0.15) is 4.31 Å². The SMILES string of the molecule is Cc1ccc(S(=O)(=O)N2CCC[C@@H]2c2cncc(Nc3ccccn3)n2)cc1C. The first-order valence-electron chi connectivity index (χ1n) is 9.54. The van der Waals surface area contributed by atoms with Crippen LogP contribution in [0.25, 0.3) is 0 Å². The molecule has 3 aromatic rings. The van der Waals surface area contributed by atoms with E-state index in [1.807, 2.05) is 38.1 Å². The van der Waals surface area contributed by atoms with Gasteiger partial charge in [0.2, 0.25) is 10.0 Å². The Morgan fingerprint density at radius 3 is 2.69 bits per heavy atom. The highest BCUT2D eigenvalue weighted by molar-refractivity contribution is 7.89. The average Bonchev–Trinajstić information content (AvgIpc) is 3.22. The fourth-order valence-corrected chi connectivity index (χ4v) is 5.26. The van der Waals surface area contributed by atoms with Gasteiger partial charge in [0.25, 0.3) is 0 Å². The number of benzene rings is 1. The molecule has 1 aliphatic heterocycles. The van der Waals surface area contributed by atoms with Crippen LogP contribution in [-0.4, -0.2) is 34.2 Å². The molecule has 1 saturated heterocycles. The zero-order valence-corrected chi connectivity index (χ0v) is 17.2. The van der Waals surface area contributed by atoms with Crippen molar-refractivity contribution in [3.63, 3.8) is 0 Å². The molecule has 0 saturated carbocycles. The van der Waals surface area contributed by atoms with Crippen molar-refractivity contribution in [2.45, 2.75) is 37.6 Å². The molecule has 0 aliphatic carbocycles. The van der Waals surface area contributed by atoms with E-state index in [1.54, 1.807) is 35.0 Å². The van der Waals surface area contributed by atoms with E-state index in [0.29, 0.717) is 35.2 Å². The maximum Gasteiger partial charge on any atom is 0.243 e. The topological polar surface area (TPSA) is 88.1 Å². The van der Waals surface area contributed by atoms with Gasteiger partial charge >= 0.3 is 0 Å². The molecule has 1 aliphatic rings. The van der Waals surface area contributed by atoms with Crippen LogP contribution in [0, 0.1) is 13.8 Å². The van der Waals surface area contributed by atoms with Crippen LogP contribution >= 0.6 is 0 Å². The Morgan fingerprint density at radius 1 is 1.07 bits per heavy atom. The molecule has 4 rings (SSSR count). The zero-order valence-electron chi connectivity index (χ0n) is 16.4. The van der Waals surface area contributed by atoms with Gasteiger partial charge in [0, 0.05) is 12.7 Å². The molecular formula is C21H23N5O2S. The maximum absolute atomic E-state index is 13.3. The average molecular weight is 410 g/mol. The molecule has 7 nitrogen and oxygen atoms in total. The third-order valence-corrected chi connectivity index (χ3v) is 7.11. The summed E-state index contributed by atoms with van der Waals surface area (Å²) in [5.74, 6) is 1.20. The van der Waals surface area contributed by atoms with Crippen LogP contribution in [0.15, 0.2) is 59.9 Å². The number of aryl methyl sites for hydroxylation is 2. The fraction of sp³-hybridized carbons (Fsp3) is 0.286. The molecule has 2 aromatic heterocycles. The highest BCUT2D eigenvalue weighted by atomic mass is 32.2. The number of sulfonamides is 1. The first kappa shape index (κ1) is 19.5.